The van der Waals surface area contributed by atoms with Crippen LogP contribution >= 0.6 is 0 Å². The van der Waals surface area contributed by atoms with Crippen LogP contribution in [-0.2, 0) is 28.2 Å². The van der Waals surface area contributed by atoms with Crippen LogP contribution in [0.5, 0.6) is 0 Å². The second-order valence-electron chi connectivity index (χ2n) is 6.27. The Balaban J connectivity index is 1.66. The van der Waals surface area contributed by atoms with Crippen molar-refractivity contribution >= 4 is 26.5 Å². The fourth-order valence-corrected chi connectivity index (χ4v) is 4.04. The van der Waals surface area contributed by atoms with Gasteiger partial charge < -0.3 is 4.90 Å². The van der Waals surface area contributed by atoms with Crippen molar-refractivity contribution in [3.8, 4) is 0 Å². The predicted molar refractivity (Wildman–Crippen MR) is 100 cm³/mol. The van der Waals surface area contributed by atoms with Gasteiger partial charge in [-0.2, -0.15) is 5.10 Å². The fraction of sp³-hybridized carbons (Fsp3) is 0.263. The van der Waals surface area contributed by atoms with E-state index in [0.29, 0.717) is 6.54 Å². The van der Waals surface area contributed by atoms with Gasteiger partial charge >= 0.3 is 0 Å². The van der Waals surface area contributed by atoms with E-state index in [-0.39, 0.29) is 23.0 Å². The summed E-state index contributed by atoms with van der Waals surface area (Å²) in [5.74, 6) is -0.421. The highest BCUT2D eigenvalue weighted by Crippen LogP contribution is 2.20. The van der Waals surface area contributed by atoms with E-state index < -0.39 is 9.84 Å². The molecular weight excluding hydrogens is 350 g/mol. The van der Waals surface area contributed by atoms with Gasteiger partial charge in [-0.15, -0.1) is 0 Å². The molecule has 0 aliphatic heterocycles. The monoisotopic (exact) mass is 371 g/mol. The molecule has 1 aromatic heterocycles. The molecule has 26 heavy (non-hydrogen) atoms. The molecule has 1 heterocycles. The molecule has 0 saturated carbocycles. The van der Waals surface area contributed by atoms with Gasteiger partial charge in [-0.3, -0.25) is 9.48 Å². The van der Waals surface area contributed by atoms with Gasteiger partial charge in [-0.05, 0) is 29.0 Å². The number of sulfone groups is 1. The predicted octanol–water partition coefficient (Wildman–Crippen LogP) is 2.40. The molecule has 3 aromatic rings. The van der Waals surface area contributed by atoms with Crippen LogP contribution < -0.4 is 0 Å². The van der Waals surface area contributed by atoms with Crippen molar-refractivity contribution in [1.29, 1.82) is 0 Å². The van der Waals surface area contributed by atoms with Crippen molar-refractivity contribution in [3.05, 3.63) is 60.4 Å². The lowest BCUT2D eigenvalue weighted by Crippen LogP contribution is -2.28. The summed E-state index contributed by atoms with van der Waals surface area (Å²) in [6.07, 6.45) is 1.61. The number of fused-ring (bicyclic) bond motifs is 1. The average molecular weight is 371 g/mol. The molecule has 3 rings (SSSR count). The normalized spacial score (nSPS) is 11.6. The Kier molecular flexibility index (Phi) is 5.08. The van der Waals surface area contributed by atoms with E-state index in [0.717, 1.165) is 16.5 Å². The highest BCUT2D eigenvalue weighted by Gasteiger charge is 2.19. The lowest BCUT2D eigenvalue weighted by Gasteiger charge is -2.17. The zero-order chi connectivity index (χ0) is 18.7. The summed E-state index contributed by atoms with van der Waals surface area (Å²) in [4.78, 5) is 14.1. The van der Waals surface area contributed by atoms with Crippen LogP contribution in [0.2, 0.25) is 0 Å². The third kappa shape index (κ3) is 3.94. The van der Waals surface area contributed by atoms with Crippen LogP contribution in [0.4, 0.5) is 0 Å². The number of carbonyl (C=O) groups excluding carboxylic acids is 1. The fourth-order valence-electron chi connectivity index (χ4n) is 2.78. The molecule has 0 aliphatic carbocycles. The van der Waals surface area contributed by atoms with Gasteiger partial charge in [0.2, 0.25) is 5.91 Å². The lowest BCUT2D eigenvalue weighted by molar-refractivity contribution is -0.130. The molecule has 0 atom stereocenters. The van der Waals surface area contributed by atoms with Crippen molar-refractivity contribution < 1.29 is 13.2 Å². The zero-order valence-electron chi connectivity index (χ0n) is 14.8. The Morgan fingerprint density at radius 3 is 2.54 bits per heavy atom. The third-order valence-corrected chi connectivity index (χ3v) is 6.13. The summed E-state index contributed by atoms with van der Waals surface area (Å²) in [6, 6.07) is 14.5. The standard InChI is InChI=1S/C19H21N3O3S/c1-21(14-17-9-11-20-22(17)2)19(23)10-12-26(24,25)18-8-7-15-5-3-4-6-16(15)13-18/h3-9,11,13H,10,12,14H2,1-2H3. The molecule has 0 fully saturated rings. The lowest BCUT2D eigenvalue weighted by atomic mass is 10.1. The van der Waals surface area contributed by atoms with Crippen LogP contribution in [-0.4, -0.2) is 41.8 Å². The molecule has 0 spiro atoms. The molecule has 1 amide bonds. The smallest absolute Gasteiger partial charge is 0.223 e. The number of nitrogens with zero attached hydrogens (tertiary/aromatic N) is 3. The summed E-state index contributed by atoms with van der Waals surface area (Å²) in [6.45, 7) is 0.394. The first-order valence-electron chi connectivity index (χ1n) is 8.29. The third-order valence-electron chi connectivity index (χ3n) is 4.41. The largest absolute Gasteiger partial charge is 0.340 e. The van der Waals surface area contributed by atoms with Crippen molar-refractivity contribution in [2.24, 2.45) is 7.05 Å². The summed E-state index contributed by atoms with van der Waals surface area (Å²) in [7, 11) is -0.0475. The number of rotatable bonds is 6. The molecule has 0 bridgehead atoms. The van der Waals surface area contributed by atoms with Crippen molar-refractivity contribution in [1.82, 2.24) is 14.7 Å². The Labute approximate surface area is 153 Å². The molecular formula is C19H21N3O3S. The van der Waals surface area contributed by atoms with E-state index in [2.05, 4.69) is 5.10 Å². The van der Waals surface area contributed by atoms with Crippen LogP contribution in [0.1, 0.15) is 12.1 Å². The number of aromatic nitrogens is 2. The van der Waals surface area contributed by atoms with Gasteiger partial charge in [0.05, 0.1) is 22.9 Å². The topological polar surface area (TPSA) is 72.3 Å². The average Bonchev–Trinajstić information content (AvgIpc) is 3.04. The summed E-state index contributed by atoms with van der Waals surface area (Å²) in [5.41, 5.74) is 0.887. The van der Waals surface area contributed by atoms with E-state index in [1.54, 1.807) is 43.2 Å². The highest BCUT2D eigenvalue weighted by atomic mass is 32.2. The van der Waals surface area contributed by atoms with E-state index in [1.165, 1.54) is 4.90 Å². The van der Waals surface area contributed by atoms with Gasteiger partial charge in [0.25, 0.3) is 0 Å². The first-order valence-corrected chi connectivity index (χ1v) is 9.94. The van der Waals surface area contributed by atoms with Crippen LogP contribution in [0.25, 0.3) is 10.8 Å². The second-order valence-corrected chi connectivity index (χ2v) is 8.38. The Morgan fingerprint density at radius 1 is 1.12 bits per heavy atom. The van der Waals surface area contributed by atoms with Gasteiger partial charge in [0.15, 0.2) is 9.84 Å². The maximum absolute atomic E-state index is 12.6. The molecule has 0 unspecified atom stereocenters. The molecule has 0 aliphatic rings. The Bertz CT molecular complexity index is 1040. The molecule has 0 N–H and O–H groups in total. The first kappa shape index (κ1) is 18.1. The molecule has 0 saturated heterocycles. The Morgan fingerprint density at radius 2 is 1.85 bits per heavy atom. The minimum absolute atomic E-state index is 0.0521. The first-order chi connectivity index (χ1) is 12.4. The van der Waals surface area contributed by atoms with Gasteiger partial charge in [-0.1, -0.05) is 30.3 Å². The van der Waals surface area contributed by atoms with Crippen LogP contribution in [0.3, 0.4) is 0 Å². The van der Waals surface area contributed by atoms with Crippen LogP contribution in [0.15, 0.2) is 59.6 Å². The second kappa shape index (κ2) is 7.29. The molecule has 7 heteroatoms. The number of amides is 1. The molecule has 0 radical (unpaired) electrons. The minimum atomic E-state index is -3.52. The molecule has 2 aromatic carbocycles. The number of aryl methyl sites for hydroxylation is 1. The van der Waals surface area contributed by atoms with E-state index >= 15 is 0 Å². The van der Waals surface area contributed by atoms with Gasteiger partial charge in [0, 0.05) is 26.7 Å². The SMILES string of the molecule is CN(Cc1ccnn1C)C(=O)CCS(=O)(=O)c1ccc2ccccc2c1. The summed E-state index contributed by atoms with van der Waals surface area (Å²) in [5, 5.41) is 5.91. The maximum atomic E-state index is 12.6. The molecule has 136 valence electrons. The van der Waals surface area contributed by atoms with Gasteiger partial charge in [0.1, 0.15) is 0 Å². The summed E-state index contributed by atoms with van der Waals surface area (Å²) >= 11 is 0. The van der Waals surface area contributed by atoms with E-state index in [1.807, 2.05) is 30.3 Å². The molecule has 6 nitrogen and oxygen atoms in total. The minimum Gasteiger partial charge on any atom is -0.340 e. The van der Waals surface area contributed by atoms with Gasteiger partial charge in [-0.25, -0.2) is 8.42 Å². The van der Waals surface area contributed by atoms with Crippen molar-refractivity contribution in [2.75, 3.05) is 12.8 Å². The summed E-state index contributed by atoms with van der Waals surface area (Å²) < 4.78 is 26.9. The Hall–Kier alpha value is -2.67. The quantitative estimate of drug-likeness (QED) is 0.667. The number of carbonyl (C=O) groups is 1. The number of hydrogen-bond acceptors (Lipinski definition) is 4. The van der Waals surface area contributed by atoms with E-state index in [9.17, 15) is 13.2 Å². The van der Waals surface area contributed by atoms with Crippen LogP contribution in [0, 0.1) is 0 Å². The van der Waals surface area contributed by atoms with Crippen molar-refractivity contribution in [2.45, 2.75) is 17.9 Å². The number of benzene rings is 2. The zero-order valence-corrected chi connectivity index (χ0v) is 15.6. The number of hydrogen-bond donors (Lipinski definition) is 0. The maximum Gasteiger partial charge on any atom is 0.223 e. The van der Waals surface area contributed by atoms with E-state index in [4.69, 9.17) is 0 Å². The van der Waals surface area contributed by atoms with Crippen molar-refractivity contribution in [3.63, 3.8) is 0 Å². The highest BCUT2D eigenvalue weighted by molar-refractivity contribution is 7.91.